The molecule has 13 N–H and O–H groups in total. The minimum atomic E-state index is 0. The van der Waals surface area contributed by atoms with E-state index in [1.54, 1.807) is 0 Å². The predicted molar refractivity (Wildman–Crippen MR) is 28.9 cm³/mol. The number of hydrogen-bond donors (Lipinski definition) is 1. The Labute approximate surface area is 61.1 Å². The SMILES string of the molecule is N.O.O.O.O.O.[Cl][Ru]. The van der Waals surface area contributed by atoms with E-state index in [1.165, 1.54) is 0 Å². The Hall–Kier alpha value is 0.673. The molecule has 8 heavy (non-hydrogen) atoms. The maximum absolute atomic E-state index is 4.57. The van der Waals surface area contributed by atoms with E-state index in [4.69, 9.17) is 0 Å². The molecule has 0 bridgehead atoms. The fourth-order valence-corrected chi connectivity index (χ4v) is 0. The Balaban J connectivity index is -0.000000000333. The molecule has 0 aromatic heterocycles. The van der Waals surface area contributed by atoms with Gasteiger partial charge in [-0.2, -0.15) is 0 Å². The summed E-state index contributed by atoms with van der Waals surface area (Å²) in [5, 5.41) is 0. The number of rotatable bonds is 0. The molecule has 0 atom stereocenters. The zero-order chi connectivity index (χ0) is 2.00. The van der Waals surface area contributed by atoms with Crippen molar-refractivity contribution >= 4 is 9.69 Å². The molecule has 0 spiro atoms. The summed E-state index contributed by atoms with van der Waals surface area (Å²) < 4.78 is 0. The van der Waals surface area contributed by atoms with Gasteiger partial charge >= 0.3 is 27.0 Å². The van der Waals surface area contributed by atoms with Crippen LogP contribution in [-0.4, -0.2) is 27.4 Å². The van der Waals surface area contributed by atoms with Crippen LogP contribution in [0, 0.1) is 0 Å². The first-order valence-electron chi connectivity index (χ1n) is 0.134. The molecular formula is H13ClNO5Ru. The van der Waals surface area contributed by atoms with Crippen molar-refractivity contribution in [2.24, 2.45) is 0 Å². The predicted octanol–water partition coefficient (Wildman–Crippen LogP) is -3.27. The normalized spacial score (nSPS) is 0.750. The third-order valence-electron chi connectivity index (χ3n) is 0. The van der Waals surface area contributed by atoms with E-state index in [2.05, 4.69) is 9.69 Å². The van der Waals surface area contributed by atoms with E-state index >= 15 is 0 Å². The molecule has 6 nitrogen and oxygen atoms in total. The van der Waals surface area contributed by atoms with Crippen molar-refractivity contribution in [1.82, 2.24) is 6.15 Å². The first-order valence-corrected chi connectivity index (χ1v) is 2.37. The van der Waals surface area contributed by atoms with Crippen LogP contribution in [0.5, 0.6) is 0 Å². The van der Waals surface area contributed by atoms with Crippen LogP contribution >= 0.6 is 9.69 Å². The third kappa shape index (κ3) is 474. The zero-order valence-corrected chi connectivity index (χ0v) is 6.43. The fourth-order valence-electron chi connectivity index (χ4n) is 0. The van der Waals surface area contributed by atoms with Crippen LogP contribution in [0.25, 0.3) is 0 Å². The van der Waals surface area contributed by atoms with Crippen molar-refractivity contribution in [3.8, 4) is 0 Å². The van der Waals surface area contributed by atoms with Crippen molar-refractivity contribution in [2.45, 2.75) is 0 Å². The molecule has 0 unspecified atom stereocenters. The van der Waals surface area contributed by atoms with Crippen LogP contribution in [0.4, 0.5) is 0 Å². The van der Waals surface area contributed by atoms with E-state index < -0.39 is 0 Å². The molecular weight excluding hydrogens is 231 g/mol. The molecule has 0 saturated carbocycles. The van der Waals surface area contributed by atoms with E-state index in [0.29, 0.717) is 0 Å². The second-order valence-corrected chi connectivity index (χ2v) is 0. The average molecular weight is 244 g/mol. The second kappa shape index (κ2) is 754. The van der Waals surface area contributed by atoms with Gasteiger partial charge in [0.1, 0.15) is 0 Å². The van der Waals surface area contributed by atoms with Crippen molar-refractivity contribution in [3.05, 3.63) is 0 Å². The number of hydrogen-bond acceptors (Lipinski definition) is 1. The molecule has 0 aromatic rings. The number of halogens is 1. The van der Waals surface area contributed by atoms with Crippen molar-refractivity contribution in [1.29, 1.82) is 0 Å². The molecule has 0 rings (SSSR count). The Morgan fingerprint density at radius 3 is 0.625 bits per heavy atom. The molecule has 0 amide bonds. The minimum absolute atomic E-state index is 0. The Morgan fingerprint density at radius 2 is 0.625 bits per heavy atom. The van der Waals surface area contributed by atoms with E-state index in [1.807, 2.05) is 17.3 Å². The summed E-state index contributed by atoms with van der Waals surface area (Å²) in [5.74, 6) is 0. The Bertz CT molecular complexity index is 12.4. The van der Waals surface area contributed by atoms with Gasteiger partial charge in [-0.3, -0.25) is 0 Å². The van der Waals surface area contributed by atoms with Crippen LogP contribution in [0.3, 0.4) is 0 Å². The summed E-state index contributed by atoms with van der Waals surface area (Å²) in [5.41, 5.74) is 0. The van der Waals surface area contributed by atoms with Crippen LogP contribution < -0.4 is 6.15 Å². The second-order valence-electron chi connectivity index (χ2n) is 0. The topological polar surface area (TPSA) is 192 Å². The first-order chi connectivity index (χ1) is 1.00. The first kappa shape index (κ1) is 182. The molecule has 0 aliphatic carbocycles. The van der Waals surface area contributed by atoms with Gasteiger partial charge in [0.15, 0.2) is 0 Å². The monoisotopic (exact) mass is 244 g/mol. The van der Waals surface area contributed by atoms with Crippen molar-refractivity contribution < 1.29 is 44.7 Å². The maximum atomic E-state index is 4.57. The standard InChI is InChI=1S/ClH.H3N.5H2O.Ru/h1H;1H3;5*1H2;/q;;;;;;;+1/p-1. The van der Waals surface area contributed by atoms with Crippen LogP contribution in [-0.2, 0) is 17.3 Å². The summed E-state index contributed by atoms with van der Waals surface area (Å²) in [6.45, 7) is 0. The zero-order valence-electron chi connectivity index (χ0n) is 3.94. The Kier molecular flexibility index (Phi) is 17200. The van der Waals surface area contributed by atoms with Gasteiger partial charge in [-0.15, -0.1) is 0 Å². The van der Waals surface area contributed by atoms with Gasteiger partial charge in [-0.05, 0) is 0 Å². The van der Waals surface area contributed by atoms with Gasteiger partial charge in [0, 0.05) is 0 Å². The van der Waals surface area contributed by atoms with Crippen LogP contribution in [0.15, 0.2) is 0 Å². The Morgan fingerprint density at radius 1 is 0.625 bits per heavy atom. The molecule has 0 fully saturated rings. The molecule has 8 heteroatoms. The summed E-state index contributed by atoms with van der Waals surface area (Å²) in [7, 11) is 4.57. The molecule has 0 aromatic carbocycles. The van der Waals surface area contributed by atoms with Gasteiger partial charge in [0.05, 0.1) is 0 Å². The van der Waals surface area contributed by atoms with Gasteiger partial charge in [-0.1, -0.05) is 0 Å². The molecule has 0 aliphatic rings. The van der Waals surface area contributed by atoms with Gasteiger partial charge in [-0.25, -0.2) is 0 Å². The van der Waals surface area contributed by atoms with Crippen molar-refractivity contribution in [2.75, 3.05) is 0 Å². The van der Waals surface area contributed by atoms with Crippen LogP contribution in [0.2, 0.25) is 0 Å². The molecule has 0 aliphatic heterocycles. The fraction of sp³-hybridized carbons (Fsp3) is 0. The quantitative estimate of drug-likeness (QED) is 0.429. The van der Waals surface area contributed by atoms with Gasteiger partial charge in [0.2, 0.25) is 0 Å². The van der Waals surface area contributed by atoms with E-state index in [0.717, 1.165) is 0 Å². The third-order valence-corrected chi connectivity index (χ3v) is 0. The molecule has 0 heterocycles. The molecule has 63 valence electrons. The summed E-state index contributed by atoms with van der Waals surface area (Å²) in [6.07, 6.45) is 0. The van der Waals surface area contributed by atoms with E-state index in [-0.39, 0.29) is 33.5 Å². The van der Waals surface area contributed by atoms with Crippen LogP contribution in [0.1, 0.15) is 0 Å². The summed E-state index contributed by atoms with van der Waals surface area (Å²) >= 11 is 1.82. The summed E-state index contributed by atoms with van der Waals surface area (Å²) in [4.78, 5) is 0. The molecule has 0 radical (unpaired) electrons. The van der Waals surface area contributed by atoms with E-state index in [9.17, 15) is 0 Å². The van der Waals surface area contributed by atoms with Crippen molar-refractivity contribution in [3.63, 3.8) is 0 Å². The molecule has 0 saturated heterocycles. The van der Waals surface area contributed by atoms with Gasteiger partial charge in [0.25, 0.3) is 0 Å². The summed E-state index contributed by atoms with van der Waals surface area (Å²) in [6, 6.07) is 0. The van der Waals surface area contributed by atoms with Gasteiger partial charge < -0.3 is 33.5 Å². The average Bonchev–Trinajstić information content (AvgIpc) is 1.00.